The highest BCUT2D eigenvalue weighted by Gasteiger charge is 2.26. The first-order chi connectivity index (χ1) is 15.5. The number of hydrogen-bond acceptors (Lipinski definition) is 5. The average molecular weight is 470 g/mol. The molecule has 1 fully saturated rings. The number of aldehydes is 1. The van der Waals surface area contributed by atoms with E-state index in [1.165, 1.54) is 0 Å². The molecule has 7 heteroatoms. The van der Waals surface area contributed by atoms with Crippen LogP contribution in [0, 0.1) is 11.7 Å². The van der Waals surface area contributed by atoms with Gasteiger partial charge in [-0.3, -0.25) is 5.14 Å². The molecule has 2 heterocycles. The molecule has 2 aliphatic heterocycles. The predicted molar refractivity (Wildman–Crippen MR) is 132 cm³/mol. The number of carbonyl (C=O) groups excluding carboxylic acids is 1. The van der Waals surface area contributed by atoms with E-state index in [0.717, 1.165) is 77.4 Å². The summed E-state index contributed by atoms with van der Waals surface area (Å²) < 4.78 is 13.3. The Morgan fingerprint density at radius 1 is 1.12 bits per heavy atom. The Morgan fingerprint density at radius 2 is 1.84 bits per heavy atom. The summed E-state index contributed by atoms with van der Waals surface area (Å²) in [5.41, 5.74) is 5.51. The monoisotopic (exact) mass is 469 g/mol. The van der Waals surface area contributed by atoms with Crippen molar-refractivity contribution >= 4 is 41.2 Å². The maximum Gasteiger partial charge on any atom is 0.138 e. The Hall–Kier alpha value is -2.54. The quantitative estimate of drug-likeness (QED) is 0.408. The van der Waals surface area contributed by atoms with E-state index in [0.29, 0.717) is 4.90 Å². The number of halogens is 2. The molecule has 5 rings (SSSR count). The van der Waals surface area contributed by atoms with E-state index < -0.39 is 0 Å². The summed E-state index contributed by atoms with van der Waals surface area (Å²) in [7, 11) is 2.01. The van der Waals surface area contributed by atoms with Crippen molar-refractivity contribution < 1.29 is 9.18 Å². The molecule has 3 aromatic carbocycles. The third-order valence-electron chi connectivity index (χ3n) is 5.91. The Morgan fingerprint density at radius 3 is 2.50 bits per heavy atom. The van der Waals surface area contributed by atoms with E-state index in [9.17, 15) is 9.18 Å². The molecule has 0 atom stereocenters. The van der Waals surface area contributed by atoms with Crippen molar-refractivity contribution in [2.45, 2.75) is 11.3 Å². The van der Waals surface area contributed by atoms with Crippen molar-refractivity contribution in [1.82, 2.24) is 0 Å². The van der Waals surface area contributed by atoms with Gasteiger partial charge in [0.2, 0.25) is 0 Å². The van der Waals surface area contributed by atoms with E-state index >= 15 is 0 Å². The predicted octanol–water partition coefficient (Wildman–Crippen LogP) is 5.43. The molecule has 1 saturated heterocycles. The molecule has 0 saturated carbocycles. The van der Waals surface area contributed by atoms with Crippen LogP contribution in [0.25, 0.3) is 11.1 Å². The van der Waals surface area contributed by atoms with Crippen molar-refractivity contribution in [3.8, 4) is 11.1 Å². The van der Waals surface area contributed by atoms with E-state index in [-0.39, 0.29) is 11.7 Å². The number of rotatable bonds is 4. The minimum Gasteiger partial charge on any atom is -0.374 e. The highest BCUT2D eigenvalue weighted by molar-refractivity contribution is 7.97. The lowest BCUT2D eigenvalue weighted by Crippen LogP contribution is -2.47. The van der Waals surface area contributed by atoms with Crippen molar-refractivity contribution in [2.24, 2.45) is 11.1 Å². The Kier molecular flexibility index (Phi) is 7.04. The smallest absolute Gasteiger partial charge is 0.138 e. The highest BCUT2D eigenvalue weighted by atomic mass is 35.5. The first kappa shape index (κ1) is 22.6. The number of nitrogens with zero attached hydrogens (tertiary/aromatic N) is 2. The molecule has 166 valence electrons. The average Bonchev–Trinajstić information content (AvgIpc) is 3.13. The SMILES string of the molecule is CN1CCc2cc(F)c(SN)cc21.O=CC1CN(c2ccc(-c3ccccc3Cl)cc2)C1. The number of likely N-dealkylation sites (N-methyl/N-ethyl adjacent to an activating group) is 1. The van der Waals surface area contributed by atoms with Gasteiger partial charge in [0, 0.05) is 54.6 Å². The van der Waals surface area contributed by atoms with Gasteiger partial charge < -0.3 is 14.6 Å². The van der Waals surface area contributed by atoms with Gasteiger partial charge in [-0.1, -0.05) is 41.9 Å². The maximum atomic E-state index is 13.3. The molecule has 0 aromatic heterocycles. The summed E-state index contributed by atoms with van der Waals surface area (Å²) in [6.07, 6.45) is 1.97. The topological polar surface area (TPSA) is 49.6 Å². The second kappa shape index (κ2) is 9.94. The van der Waals surface area contributed by atoms with Crippen LogP contribution in [-0.2, 0) is 11.2 Å². The van der Waals surface area contributed by atoms with Crippen molar-refractivity contribution in [2.75, 3.05) is 36.5 Å². The van der Waals surface area contributed by atoms with Crippen LogP contribution >= 0.6 is 23.5 Å². The number of carbonyl (C=O) groups is 1. The molecule has 0 amide bonds. The van der Waals surface area contributed by atoms with Crippen LogP contribution in [0.15, 0.2) is 65.6 Å². The summed E-state index contributed by atoms with van der Waals surface area (Å²) in [6.45, 7) is 2.62. The van der Waals surface area contributed by atoms with Crippen molar-refractivity contribution in [3.05, 3.63) is 77.1 Å². The van der Waals surface area contributed by atoms with Crippen LogP contribution in [0.3, 0.4) is 0 Å². The van der Waals surface area contributed by atoms with E-state index in [4.69, 9.17) is 16.7 Å². The second-order valence-corrected chi connectivity index (χ2v) is 9.11. The third-order valence-corrected chi connectivity index (χ3v) is 6.80. The van der Waals surface area contributed by atoms with Gasteiger partial charge in [0.15, 0.2) is 0 Å². The van der Waals surface area contributed by atoms with Gasteiger partial charge in [-0.2, -0.15) is 0 Å². The summed E-state index contributed by atoms with van der Waals surface area (Å²) in [5.74, 6) is -0.00945. The summed E-state index contributed by atoms with van der Waals surface area (Å²) >= 11 is 7.15. The molecule has 0 bridgehead atoms. The van der Waals surface area contributed by atoms with Gasteiger partial charge in [-0.25, -0.2) is 4.39 Å². The lowest BCUT2D eigenvalue weighted by Gasteiger charge is -2.38. The Bertz CT molecular complexity index is 1100. The van der Waals surface area contributed by atoms with Crippen LogP contribution < -0.4 is 14.9 Å². The second-order valence-electron chi connectivity index (χ2n) is 8.03. The van der Waals surface area contributed by atoms with Gasteiger partial charge in [0.25, 0.3) is 0 Å². The van der Waals surface area contributed by atoms with Gasteiger partial charge in [0.05, 0.1) is 4.90 Å². The number of hydrogen-bond donors (Lipinski definition) is 1. The zero-order chi connectivity index (χ0) is 22.7. The molecule has 0 unspecified atom stereocenters. The highest BCUT2D eigenvalue weighted by Crippen LogP contribution is 2.32. The summed E-state index contributed by atoms with van der Waals surface area (Å²) in [5, 5.41) is 6.11. The van der Waals surface area contributed by atoms with E-state index in [1.807, 2.05) is 37.4 Å². The zero-order valence-electron chi connectivity index (χ0n) is 17.8. The molecule has 0 aliphatic carbocycles. The minimum absolute atomic E-state index is 0.197. The molecule has 3 aromatic rings. The fourth-order valence-electron chi connectivity index (χ4n) is 4.00. The number of anilines is 2. The Labute approximate surface area is 197 Å². The lowest BCUT2D eigenvalue weighted by molar-refractivity contribution is -0.111. The van der Waals surface area contributed by atoms with Crippen molar-refractivity contribution in [1.29, 1.82) is 0 Å². The number of benzene rings is 3. The van der Waals surface area contributed by atoms with Crippen LogP contribution in [-0.4, -0.2) is 33.0 Å². The van der Waals surface area contributed by atoms with Gasteiger partial charge in [0.1, 0.15) is 12.1 Å². The van der Waals surface area contributed by atoms with E-state index in [1.54, 1.807) is 6.07 Å². The number of nitrogens with two attached hydrogens (primary N) is 1. The van der Waals surface area contributed by atoms with Gasteiger partial charge in [-0.15, -0.1) is 0 Å². The van der Waals surface area contributed by atoms with Crippen molar-refractivity contribution in [3.63, 3.8) is 0 Å². The first-order valence-corrected chi connectivity index (χ1v) is 11.7. The normalized spacial score (nSPS) is 15.0. The van der Waals surface area contributed by atoms with Crippen LogP contribution in [0.2, 0.25) is 5.02 Å². The maximum absolute atomic E-state index is 13.3. The number of fused-ring (bicyclic) bond motifs is 1. The van der Waals surface area contributed by atoms with E-state index in [2.05, 4.69) is 34.1 Å². The first-order valence-electron chi connectivity index (χ1n) is 10.5. The van der Waals surface area contributed by atoms with Gasteiger partial charge >= 0.3 is 0 Å². The molecule has 0 radical (unpaired) electrons. The fourth-order valence-corrected chi connectivity index (χ4v) is 4.59. The summed E-state index contributed by atoms with van der Waals surface area (Å²) in [6, 6.07) is 19.6. The van der Waals surface area contributed by atoms with Crippen LogP contribution in [0.4, 0.5) is 15.8 Å². The molecular formula is C25H25ClFN3OS. The molecule has 4 nitrogen and oxygen atoms in total. The largest absolute Gasteiger partial charge is 0.374 e. The third kappa shape index (κ3) is 4.77. The fraction of sp³-hybridized carbons (Fsp3) is 0.240. The lowest BCUT2D eigenvalue weighted by atomic mass is 10.00. The molecule has 2 aliphatic rings. The Balaban J connectivity index is 0.000000165. The molecule has 0 spiro atoms. The summed E-state index contributed by atoms with van der Waals surface area (Å²) in [4.78, 5) is 15.4. The zero-order valence-corrected chi connectivity index (χ0v) is 19.4. The van der Waals surface area contributed by atoms with Crippen LogP contribution in [0.5, 0.6) is 0 Å². The molecular weight excluding hydrogens is 445 g/mol. The van der Waals surface area contributed by atoms with Crippen LogP contribution in [0.1, 0.15) is 5.56 Å². The molecule has 2 N–H and O–H groups in total. The standard InChI is InChI=1S/C16H14ClNO.C9H11FN2S/c17-16-4-2-1-3-15(16)13-5-7-14(8-6-13)18-9-12(10-18)11-19;1-12-3-2-6-4-7(10)9(13-11)5-8(6)12/h1-8,11-12H,9-10H2;4-5H,2-3,11H2,1H3. The molecule has 32 heavy (non-hydrogen) atoms. The van der Waals surface area contributed by atoms with Gasteiger partial charge in [-0.05, 0) is 59.8 Å². The minimum atomic E-state index is -0.207.